The molecule has 0 aliphatic heterocycles. The maximum atomic E-state index is 4.49. The zero-order chi connectivity index (χ0) is 17.4. The molecule has 2 aromatic rings. The monoisotopic (exact) mass is 327 g/mol. The number of nitrogens with one attached hydrogen (secondary N) is 2. The lowest BCUT2D eigenvalue weighted by Crippen LogP contribution is -2.37. The molecule has 0 amide bonds. The molecule has 0 saturated heterocycles. The zero-order valence-electron chi connectivity index (χ0n) is 15.3. The van der Waals surface area contributed by atoms with E-state index in [1.807, 2.05) is 14.0 Å². The Hall–Kier alpha value is -2.30. The van der Waals surface area contributed by atoms with Gasteiger partial charge in [-0.05, 0) is 43.9 Å². The van der Waals surface area contributed by atoms with Gasteiger partial charge in [0.05, 0.1) is 5.69 Å². The Morgan fingerprint density at radius 1 is 1.17 bits per heavy atom. The van der Waals surface area contributed by atoms with Crippen LogP contribution in [0.3, 0.4) is 0 Å². The number of nitrogens with zero attached hydrogens (tertiary/aromatic N) is 3. The number of aromatic nitrogens is 2. The molecule has 1 aromatic heterocycles. The van der Waals surface area contributed by atoms with Crippen LogP contribution in [0.1, 0.15) is 35.9 Å². The van der Waals surface area contributed by atoms with Crippen molar-refractivity contribution in [2.75, 3.05) is 13.6 Å². The van der Waals surface area contributed by atoms with Gasteiger partial charge in [-0.25, -0.2) is 0 Å². The fourth-order valence-corrected chi connectivity index (χ4v) is 2.81. The van der Waals surface area contributed by atoms with Crippen LogP contribution >= 0.6 is 0 Å². The molecule has 2 N–H and O–H groups in total. The fourth-order valence-electron chi connectivity index (χ4n) is 2.81. The SMILES string of the molecule is CCc1ccccc1CNC(=NC)NCCCn1nc(C)cc1C. The summed E-state index contributed by atoms with van der Waals surface area (Å²) >= 11 is 0. The van der Waals surface area contributed by atoms with Crippen LogP contribution in [0.5, 0.6) is 0 Å². The second-order valence-corrected chi connectivity index (χ2v) is 5.98. The molecule has 0 aliphatic rings. The molecule has 5 nitrogen and oxygen atoms in total. The van der Waals surface area contributed by atoms with Crippen LogP contribution in [0.15, 0.2) is 35.3 Å². The van der Waals surface area contributed by atoms with Crippen molar-refractivity contribution in [3.05, 3.63) is 52.8 Å². The van der Waals surface area contributed by atoms with Gasteiger partial charge in [0.1, 0.15) is 0 Å². The van der Waals surface area contributed by atoms with E-state index in [2.05, 4.69) is 69.6 Å². The third-order valence-corrected chi connectivity index (χ3v) is 4.11. The van der Waals surface area contributed by atoms with Gasteiger partial charge in [-0.3, -0.25) is 9.67 Å². The number of guanidine groups is 1. The van der Waals surface area contributed by atoms with Crippen LogP contribution < -0.4 is 10.6 Å². The molecule has 24 heavy (non-hydrogen) atoms. The molecular weight excluding hydrogens is 298 g/mol. The fraction of sp³-hybridized carbons (Fsp3) is 0.474. The minimum absolute atomic E-state index is 0.793. The van der Waals surface area contributed by atoms with E-state index in [1.165, 1.54) is 16.8 Å². The average Bonchev–Trinajstić information content (AvgIpc) is 2.92. The molecule has 1 aromatic carbocycles. The van der Waals surface area contributed by atoms with Crippen molar-refractivity contribution in [1.29, 1.82) is 0 Å². The Morgan fingerprint density at radius 2 is 1.92 bits per heavy atom. The molecule has 5 heteroatoms. The first-order valence-corrected chi connectivity index (χ1v) is 8.66. The number of rotatable bonds is 7. The number of hydrogen-bond acceptors (Lipinski definition) is 2. The lowest BCUT2D eigenvalue weighted by molar-refractivity contribution is 0.555. The highest BCUT2D eigenvalue weighted by molar-refractivity contribution is 5.79. The van der Waals surface area contributed by atoms with Gasteiger partial charge >= 0.3 is 0 Å². The standard InChI is InChI=1S/C19H29N5/c1-5-17-9-6-7-10-18(17)14-22-19(20-4)21-11-8-12-24-16(3)13-15(2)23-24/h6-7,9-10,13H,5,8,11-12,14H2,1-4H3,(H2,20,21,22). The van der Waals surface area contributed by atoms with Crippen LogP contribution in [0, 0.1) is 13.8 Å². The van der Waals surface area contributed by atoms with Gasteiger partial charge < -0.3 is 10.6 Å². The van der Waals surface area contributed by atoms with E-state index in [0.717, 1.165) is 44.1 Å². The average molecular weight is 327 g/mol. The second-order valence-electron chi connectivity index (χ2n) is 5.98. The van der Waals surface area contributed by atoms with Crippen LogP contribution in [0.4, 0.5) is 0 Å². The molecule has 2 rings (SSSR count). The zero-order valence-corrected chi connectivity index (χ0v) is 15.3. The normalized spacial score (nSPS) is 11.6. The van der Waals surface area contributed by atoms with Crippen molar-refractivity contribution in [2.45, 2.75) is 46.7 Å². The van der Waals surface area contributed by atoms with Crippen LogP contribution in [-0.4, -0.2) is 29.3 Å². The Kier molecular flexibility index (Phi) is 6.85. The van der Waals surface area contributed by atoms with Crippen LogP contribution in [0.2, 0.25) is 0 Å². The quantitative estimate of drug-likeness (QED) is 0.467. The Labute approximate surface area is 145 Å². The molecule has 0 fully saturated rings. The summed E-state index contributed by atoms with van der Waals surface area (Å²) in [4.78, 5) is 4.30. The smallest absolute Gasteiger partial charge is 0.191 e. The van der Waals surface area contributed by atoms with Gasteiger partial charge in [-0.15, -0.1) is 0 Å². The lowest BCUT2D eigenvalue weighted by Gasteiger charge is -2.14. The summed E-state index contributed by atoms with van der Waals surface area (Å²) in [5, 5.41) is 11.2. The molecule has 0 spiro atoms. The predicted octanol–water partition coefficient (Wildman–Crippen LogP) is 2.82. The van der Waals surface area contributed by atoms with E-state index < -0.39 is 0 Å². The van der Waals surface area contributed by atoms with E-state index in [9.17, 15) is 0 Å². The lowest BCUT2D eigenvalue weighted by atomic mass is 10.1. The van der Waals surface area contributed by atoms with Crippen molar-refractivity contribution in [3.8, 4) is 0 Å². The highest BCUT2D eigenvalue weighted by Crippen LogP contribution is 2.08. The van der Waals surface area contributed by atoms with Crippen molar-refractivity contribution in [3.63, 3.8) is 0 Å². The summed E-state index contributed by atoms with van der Waals surface area (Å²) in [7, 11) is 1.81. The molecule has 0 saturated carbocycles. The van der Waals surface area contributed by atoms with E-state index >= 15 is 0 Å². The van der Waals surface area contributed by atoms with E-state index in [0.29, 0.717) is 0 Å². The first-order valence-electron chi connectivity index (χ1n) is 8.66. The molecule has 0 aliphatic carbocycles. The van der Waals surface area contributed by atoms with Gasteiger partial charge in [0, 0.05) is 32.4 Å². The molecule has 130 valence electrons. The molecule has 1 heterocycles. The topological polar surface area (TPSA) is 54.2 Å². The van der Waals surface area contributed by atoms with E-state index in [-0.39, 0.29) is 0 Å². The van der Waals surface area contributed by atoms with Crippen LogP contribution in [-0.2, 0) is 19.5 Å². The Bertz CT molecular complexity index is 672. The molecule has 0 atom stereocenters. The summed E-state index contributed by atoms with van der Waals surface area (Å²) in [6.07, 6.45) is 2.06. The Balaban J connectivity index is 1.75. The maximum absolute atomic E-state index is 4.49. The first kappa shape index (κ1) is 18.0. The Morgan fingerprint density at radius 3 is 2.54 bits per heavy atom. The van der Waals surface area contributed by atoms with Gasteiger partial charge in [0.15, 0.2) is 5.96 Å². The predicted molar refractivity (Wildman–Crippen MR) is 100 cm³/mol. The third-order valence-electron chi connectivity index (χ3n) is 4.11. The highest BCUT2D eigenvalue weighted by atomic mass is 15.3. The highest BCUT2D eigenvalue weighted by Gasteiger charge is 2.03. The summed E-state index contributed by atoms with van der Waals surface area (Å²) in [6.45, 7) is 8.89. The molecule has 0 radical (unpaired) electrons. The van der Waals surface area contributed by atoms with Crippen molar-refractivity contribution < 1.29 is 0 Å². The molecule has 0 unspecified atom stereocenters. The van der Waals surface area contributed by atoms with E-state index in [4.69, 9.17) is 0 Å². The van der Waals surface area contributed by atoms with Crippen molar-refractivity contribution in [2.24, 2.45) is 4.99 Å². The number of hydrogen-bond donors (Lipinski definition) is 2. The summed E-state index contributed by atoms with van der Waals surface area (Å²) < 4.78 is 2.06. The van der Waals surface area contributed by atoms with Crippen molar-refractivity contribution >= 4 is 5.96 Å². The number of benzene rings is 1. The van der Waals surface area contributed by atoms with Gasteiger partial charge in [0.2, 0.25) is 0 Å². The van der Waals surface area contributed by atoms with Gasteiger partial charge in [-0.2, -0.15) is 5.10 Å². The van der Waals surface area contributed by atoms with E-state index in [1.54, 1.807) is 0 Å². The summed E-state index contributed by atoms with van der Waals surface area (Å²) in [5.74, 6) is 0.842. The second kappa shape index (κ2) is 9.11. The molecule has 0 bridgehead atoms. The van der Waals surface area contributed by atoms with Gasteiger partial charge in [-0.1, -0.05) is 31.2 Å². The number of aliphatic imine (C=N–C) groups is 1. The number of aryl methyl sites for hydroxylation is 4. The minimum Gasteiger partial charge on any atom is -0.356 e. The maximum Gasteiger partial charge on any atom is 0.191 e. The third kappa shape index (κ3) is 5.11. The molecular formula is C19H29N5. The summed E-state index contributed by atoms with van der Waals surface area (Å²) in [5.41, 5.74) is 4.99. The van der Waals surface area contributed by atoms with Crippen molar-refractivity contribution in [1.82, 2.24) is 20.4 Å². The minimum atomic E-state index is 0.793. The van der Waals surface area contributed by atoms with Crippen LogP contribution in [0.25, 0.3) is 0 Å². The summed E-state index contributed by atoms with van der Waals surface area (Å²) in [6, 6.07) is 10.6. The first-order chi connectivity index (χ1) is 11.6. The largest absolute Gasteiger partial charge is 0.356 e. The van der Waals surface area contributed by atoms with Gasteiger partial charge in [0.25, 0.3) is 0 Å².